The van der Waals surface area contributed by atoms with Crippen LogP contribution in [0.3, 0.4) is 0 Å². The van der Waals surface area contributed by atoms with Crippen LogP contribution in [-0.2, 0) is 5.75 Å². The molecule has 2 aromatic carbocycles. The number of fused-ring (bicyclic) bond motifs is 1. The summed E-state index contributed by atoms with van der Waals surface area (Å²) in [6.07, 6.45) is 1.65. The van der Waals surface area contributed by atoms with Crippen molar-refractivity contribution in [3.05, 3.63) is 76.4 Å². The molecule has 0 radical (unpaired) electrons. The maximum atomic E-state index is 6.30. The molecule has 2 heterocycles. The van der Waals surface area contributed by atoms with Crippen molar-refractivity contribution in [3.63, 3.8) is 0 Å². The molecule has 0 bridgehead atoms. The highest BCUT2D eigenvalue weighted by Crippen LogP contribution is 2.41. The molecule has 2 aromatic heterocycles. The lowest BCUT2D eigenvalue weighted by Gasteiger charge is -2.07. The molecular formula is C20H15ClN2S2. The van der Waals surface area contributed by atoms with E-state index in [-0.39, 0.29) is 0 Å². The first-order valence-corrected chi connectivity index (χ1v) is 10.1. The lowest BCUT2D eigenvalue weighted by Crippen LogP contribution is -1.88. The fourth-order valence-electron chi connectivity index (χ4n) is 2.84. The van der Waals surface area contributed by atoms with Gasteiger partial charge in [0, 0.05) is 21.2 Å². The van der Waals surface area contributed by atoms with E-state index in [0.29, 0.717) is 0 Å². The van der Waals surface area contributed by atoms with Gasteiger partial charge in [-0.2, -0.15) is 0 Å². The standard InChI is InChI=1S/C20H15ClN2S2/c1-13-17(14-7-3-2-4-8-14)18-19(22-12-23-20(18)25-13)24-11-15-9-5-6-10-16(15)21/h2-10,12H,11H2,1H3. The fourth-order valence-corrected chi connectivity index (χ4v) is 5.21. The monoisotopic (exact) mass is 382 g/mol. The summed E-state index contributed by atoms with van der Waals surface area (Å²) >= 11 is 9.73. The topological polar surface area (TPSA) is 25.8 Å². The Hall–Kier alpha value is -1.88. The number of aromatic nitrogens is 2. The van der Waals surface area contributed by atoms with Gasteiger partial charge < -0.3 is 0 Å². The Kier molecular flexibility index (Phi) is 4.75. The quantitative estimate of drug-likeness (QED) is 0.293. The van der Waals surface area contributed by atoms with Crippen molar-refractivity contribution in [2.45, 2.75) is 17.7 Å². The van der Waals surface area contributed by atoms with Gasteiger partial charge in [-0.05, 0) is 24.1 Å². The molecule has 0 fully saturated rings. The van der Waals surface area contributed by atoms with E-state index in [0.717, 1.165) is 31.6 Å². The van der Waals surface area contributed by atoms with Crippen LogP contribution in [0, 0.1) is 6.92 Å². The van der Waals surface area contributed by atoms with Crippen LogP contribution in [0.4, 0.5) is 0 Å². The molecule has 4 rings (SSSR count). The molecule has 0 spiro atoms. The molecule has 0 aliphatic heterocycles. The van der Waals surface area contributed by atoms with Gasteiger partial charge in [-0.1, -0.05) is 60.1 Å². The zero-order valence-electron chi connectivity index (χ0n) is 13.6. The Labute approximate surface area is 159 Å². The van der Waals surface area contributed by atoms with Crippen molar-refractivity contribution in [2.75, 3.05) is 0 Å². The van der Waals surface area contributed by atoms with Gasteiger partial charge in [0.1, 0.15) is 16.2 Å². The summed E-state index contributed by atoms with van der Waals surface area (Å²) in [7, 11) is 0. The highest BCUT2D eigenvalue weighted by Gasteiger charge is 2.17. The molecule has 0 saturated heterocycles. The lowest BCUT2D eigenvalue weighted by molar-refractivity contribution is 1.11. The van der Waals surface area contributed by atoms with E-state index < -0.39 is 0 Å². The van der Waals surface area contributed by atoms with E-state index in [2.05, 4.69) is 47.2 Å². The largest absolute Gasteiger partial charge is 0.229 e. The number of benzene rings is 2. The van der Waals surface area contributed by atoms with Crippen molar-refractivity contribution in [3.8, 4) is 11.1 Å². The minimum atomic E-state index is 0.787. The molecule has 0 amide bonds. The molecular weight excluding hydrogens is 368 g/mol. The van der Waals surface area contributed by atoms with Gasteiger partial charge >= 0.3 is 0 Å². The van der Waals surface area contributed by atoms with E-state index >= 15 is 0 Å². The van der Waals surface area contributed by atoms with E-state index in [1.165, 1.54) is 16.0 Å². The van der Waals surface area contributed by atoms with Gasteiger partial charge in [0.25, 0.3) is 0 Å². The van der Waals surface area contributed by atoms with E-state index in [4.69, 9.17) is 11.6 Å². The molecule has 0 unspecified atom stereocenters. The molecule has 0 N–H and O–H groups in total. The Bertz CT molecular complexity index is 1030. The first-order valence-electron chi connectivity index (χ1n) is 7.90. The Morgan fingerprint density at radius 3 is 2.56 bits per heavy atom. The summed E-state index contributed by atoms with van der Waals surface area (Å²) in [5.74, 6) is 0.787. The predicted octanol–water partition coefficient (Wildman–Crippen LogP) is 6.61. The Balaban J connectivity index is 1.78. The van der Waals surface area contributed by atoms with Crippen LogP contribution in [0.25, 0.3) is 21.3 Å². The predicted molar refractivity (Wildman–Crippen MR) is 109 cm³/mol. The Morgan fingerprint density at radius 1 is 1.00 bits per heavy atom. The summed E-state index contributed by atoms with van der Waals surface area (Å²) in [6.45, 7) is 2.15. The summed E-state index contributed by atoms with van der Waals surface area (Å²) in [4.78, 5) is 11.4. The first-order chi connectivity index (χ1) is 12.2. The van der Waals surface area contributed by atoms with Crippen LogP contribution < -0.4 is 0 Å². The summed E-state index contributed by atoms with van der Waals surface area (Å²) < 4.78 is 0. The third-order valence-corrected chi connectivity index (χ3v) is 6.43. The minimum Gasteiger partial charge on any atom is -0.229 e. The zero-order chi connectivity index (χ0) is 17.2. The van der Waals surface area contributed by atoms with Crippen LogP contribution in [0.15, 0.2) is 66.0 Å². The molecule has 4 aromatic rings. The smallest absolute Gasteiger partial charge is 0.128 e. The van der Waals surface area contributed by atoms with Crippen LogP contribution in [-0.4, -0.2) is 9.97 Å². The normalized spacial score (nSPS) is 11.1. The second-order valence-corrected chi connectivity index (χ2v) is 8.21. The number of hydrogen-bond acceptors (Lipinski definition) is 4. The van der Waals surface area contributed by atoms with Crippen molar-refractivity contribution < 1.29 is 0 Å². The van der Waals surface area contributed by atoms with Crippen LogP contribution in [0.2, 0.25) is 5.02 Å². The molecule has 2 nitrogen and oxygen atoms in total. The number of rotatable bonds is 4. The van der Waals surface area contributed by atoms with E-state index in [1.807, 2.05) is 24.3 Å². The second-order valence-electron chi connectivity index (χ2n) is 5.64. The van der Waals surface area contributed by atoms with E-state index in [1.54, 1.807) is 29.4 Å². The highest BCUT2D eigenvalue weighted by atomic mass is 35.5. The summed E-state index contributed by atoms with van der Waals surface area (Å²) in [6, 6.07) is 18.4. The maximum Gasteiger partial charge on any atom is 0.128 e. The summed E-state index contributed by atoms with van der Waals surface area (Å²) in [5.41, 5.74) is 3.57. The van der Waals surface area contributed by atoms with Crippen LogP contribution >= 0.6 is 34.7 Å². The van der Waals surface area contributed by atoms with Gasteiger partial charge in [0.15, 0.2) is 0 Å². The third kappa shape index (κ3) is 3.30. The van der Waals surface area contributed by atoms with Gasteiger partial charge in [0.05, 0.1) is 5.39 Å². The van der Waals surface area contributed by atoms with Crippen LogP contribution in [0.1, 0.15) is 10.4 Å². The molecule has 0 aliphatic carbocycles. The van der Waals surface area contributed by atoms with Crippen molar-refractivity contribution >= 4 is 44.9 Å². The van der Waals surface area contributed by atoms with Crippen LogP contribution in [0.5, 0.6) is 0 Å². The first kappa shape index (κ1) is 16.6. The van der Waals surface area contributed by atoms with E-state index in [9.17, 15) is 0 Å². The maximum absolute atomic E-state index is 6.30. The number of halogens is 1. The lowest BCUT2D eigenvalue weighted by atomic mass is 10.0. The van der Waals surface area contributed by atoms with Gasteiger partial charge in [-0.15, -0.1) is 23.1 Å². The molecule has 0 saturated carbocycles. The molecule has 124 valence electrons. The summed E-state index contributed by atoms with van der Waals surface area (Å²) in [5, 5.41) is 2.95. The molecule has 0 aliphatic rings. The zero-order valence-corrected chi connectivity index (χ0v) is 16.0. The van der Waals surface area contributed by atoms with Gasteiger partial charge in [0.2, 0.25) is 0 Å². The average molecular weight is 383 g/mol. The number of hydrogen-bond donors (Lipinski definition) is 0. The molecule has 0 atom stereocenters. The number of thiophene rings is 1. The number of nitrogens with zero attached hydrogens (tertiary/aromatic N) is 2. The van der Waals surface area contributed by atoms with Crippen molar-refractivity contribution in [1.29, 1.82) is 0 Å². The Morgan fingerprint density at radius 2 is 1.76 bits per heavy atom. The van der Waals surface area contributed by atoms with Gasteiger partial charge in [-0.25, -0.2) is 9.97 Å². The number of thioether (sulfide) groups is 1. The second kappa shape index (κ2) is 7.16. The minimum absolute atomic E-state index is 0.787. The number of aryl methyl sites for hydroxylation is 1. The fraction of sp³-hybridized carbons (Fsp3) is 0.100. The van der Waals surface area contributed by atoms with Gasteiger partial charge in [-0.3, -0.25) is 0 Å². The molecule has 5 heteroatoms. The average Bonchev–Trinajstić information content (AvgIpc) is 2.98. The third-order valence-electron chi connectivity index (χ3n) is 4.01. The SMILES string of the molecule is Cc1sc2ncnc(SCc3ccccc3Cl)c2c1-c1ccccc1. The molecule has 25 heavy (non-hydrogen) atoms. The van der Waals surface area contributed by atoms with Crippen molar-refractivity contribution in [1.82, 2.24) is 9.97 Å². The highest BCUT2D eigenvalue weighted by molar-refractivity contribution is 7.98. The van der Waals surface area contributed by atoms with Crippen molar-refractivity contribution in [2.24, 2.45) is 0 Å².